The molecule has 0 atom stereocenters. The molecule has 2 aromatic carbocycles. The van der Waals surface area contributed by atoms with Crippen LogP contribution < -0.4 is 4.90 Å². The van der Waals surface area contributed by atoms with Crippen LogP contribution >= 0.6 is 23.2 Å². The second-order valence-corrected chi connectivity index (χ2v) is 7.36. The summed E-state index contributed by atoms with van der Waals surface area (Å²) >= 11 is 12.3. The van der Waals surface area contributed by atoms with Crippen LogP contribution in [0.2, 0.25) is 10.0 Å². The molecule has 5 heteroatoms. The van der Waals surface area contributed by atoms with Gasteiger partial charge < -0.3 is 4.90 Å². The topological polar surface area (TPSA) is 23.6 Å². The maximum atomic E-state index is 13.1. The third-order valence-corrected chi connectivity index (χ3v) is 4.97. The third kappa shape index (κ3) is 3.24. The normalized spacial score (nSPS) is 15.8. The average Bonchev–Trinajstić information content (AvgIpc) is 2.55. The monoisotopic (exact) mass is 362 g/mol. The zero-order valence-electron chi connectivity index (χ0n) is 13.8. The van der Waals surface area contributed by atoms with Crippen LogP contribution in [0.1, 0.15) is 25.8 Å². The lowest BCUT2D eigenvalue weighted by Crippen LogP contribution is -2.56. The fraction of sp³-hybridized carbons (Fsp3) is 0.316. The lowest BCUT2D eigenvalue weighted by molar-refractivity contribution is 0.129. The highest BCUT2D eigenvalue weighted by Gasteiger charge is 2.38. The van der Waals surface area contributed by atoms with Gasteiger partial charge in [-0.1, -0.05) is 41.4 Å². The molecule has 1 aliphatic rings. The Hall–Kier alpha value is -1.71. The first-order valence-electron chi connectivity index (χ1n) is 8.00. The van der Waals surface area contributed by atoms with Crippen molar-refractivity contribution in [3.63, 3.8) is 0 Å². The minimum atomic E-state index is -0.501. The summed E-state index contributed by atoms with van der Waals surface area (Å²) < 4.78 is 0. The highest BCUT2D eigenvalue weighted by molar-refractivity contribution is 6.34. The average molecular weight is 363 g/mol. The summed E-state index contributed by atoms with van der Waals surface area (Å²) in [6, 6.07) is 15.2. The zero-order valence-corrected chi connectivity index (χ0v) is 15.3. The first-order valence-corrected chi connectivity index (χ1v) is 8.76. The number of halogens is 2. The largest absolute Gasteiger partial charge is 0.325 e. The Kier molecular flexibility index (Phi) is 4.75. The smallest absolute Gasteiger partial charge is 0.315 e. The Bertz CT molecular complexity index is 726. The Balaban J connectivity index is 1.94. The maximum Gasteiger partial charge on any atom is 0.325 e. The van der Waals surface area contributed by atoms with Crippen LogP contribution in [0.5, 0.6) is 0 Å². The van der Waals surface area contributed by atoms with E-state index >= 15 is 0 Å². The molecule has 0 aromatic heterocycles. The zero-order chi connectivity index (χ0) is 17.3. The minimum Gasteiger partial charge on any atom is -0.315 e. The van der Waals surface area contributed by atoms with Crippen molar-refractivity contribution in [1.29, 1.82) is 0 Å². The van der Waals surface area contributed by atoms with Crippen molar-refractivity contribution in [1.82, 2.24) is 4.90 Å². The molecule has 0 bridgehead atoms. The standard InChI is InChI=1S/C19H20Cl2N2O/c1-19(2,14-11-15(20)13-16(21)12-14)23-10-6-9-22(18(23)24)17-7-4-3-5-8-17/h3-5,7-8,11-13H,6,9-10H2,1-2H3. The van der Waals surface area contributed by atoms with E-state index in [1.165, 1.54) is 0 Å². The lowest BCUT2D eigenvalue weighted by atomic mass is 9.91. The second-order valence-electron chi connectivity index (χ2n) is 6.49. The summed E-state index contributed by atoms with van der Waals surface area (Å²) in [7, 11) is 0. The van der Waals surface area contributed by atoms with Crippen LogP contribution in [0, 0.1) is 0 Å². The van der Waals surface area contributed by atoms with Gasteiger partial charge in [0, 0.05) is 28.8 Å². The van der Waals surface area contributed by atoms with E-state index in [1.54, 1.807) is 6.07 Å². The number of benzene rings is 2. The van der Waals surface area contributed by atoms with E-state index in [1.807, 2.05) is 66.1 Å². The van der Waals surface area contributed by atoms with Gasteiger partial charge in [-0.15, -0.1) is 0 Å². The number of rotatable bonds is 3. The summed E-state index contributed by atoms with van der Waals surface area (Å²) in [5.74, 6) is 0. The SMILES string of the molecule is CC(C)(c1cc(Cl)cc(Cl)c1)N1CCCN(c2ccccc2)C1=O. The molecule has 1 aliphatic heterocycles. The molecular weight excluding hydrogens is 343 g/mol. The molecule has 3 nitrogen and oxygen atoms in total. The first-order chi connectivity index (χ1) is 11.4. The highest BCUT2D eigenvalue weighted by Crippen LogP contribution is 2.35. The number of carbonyl (C=O) groups excluding carboxylic acids is 1. The number of carbonyl (C=O) groups is 1. The van der Waals surface area contributed by atoms with Gasteiger partial charge in [-0.25, -0.2) is 4.79 Å². The van der Waals surface area contributed by atoms with E-state index < -0.39 is 5.54 Å². The van der Waals surface area contributed by atoms with Gasteiger partial charge in [0.1, 0.15) is 0 Å². The summed E-state index contributed by atoms with van der Waals surface area (Å²) in [5.41, 5.74) is 1.36. The lowest BCUT2D eigenvalue weighted by Gasteiger charge is -2.45. The molecule has 0 N–H and O–H groups in total. The Morgan fingerprint density at radius 1 is 0.958 bits per heavy atom. The highest BCUT2D eigenvalue weighted by atomic mass is 35.5. The van der Waals surface area contributed by atoms with E-state index in [4.69, 9.17) is 23.2 Å². The number of anilines is 1. The molecule has 2 amide bonds. The van der Waals surface area contributed by atoms with Crippen LogP contribution in [0.15, 0.2) is 48.5 Å². The molecule has 1 fully saturated rings. The molecule has 0 aliphatic carbocycles. The van der Waals surface area contributed by atoms with Gasteiger partial charge in [0.15, 0.2) is 0 Å². The van der Waals surface area contributed by atoms with E-state index in [2.05, 4.69) is 0 Å². The molecule has 2 aromatic rings. The molecule has 0 radical (unpaired) electrons. The van der Waals surface area contributed by atoms with Crippen molar-refractivity contribution in [3.05, 3.63) is 64.1 Å². The fourth-order valence-electron chi connectivity index (χ4n) is 3.15. The van der Waals surface area contributed by atoms with Crippen molar-refractivity contribution < 1.29 is 4.79 Å². The van der Waals surface area contributed by atoms with Crippen molar-refractivity contribution in [2.45, 2.75) is 25.8 Å². The predicted octanol–water partition coefficient (Wildman–Crippen LogP) is 5.56. The Labute approximate surface area is 152 Å². The van der Waals surface area contributed by atoms with Gasteiger partial charge in [0.25, 0.3) is 0 Å². The van der Waals surface area contributed by atoms with Crippen LogP contribution in [-0.4, -0.2) is 24.0 Å². The molecule has 24 heavy (non-hydrogen) atoms. The van der Waals surface area contributed by atoms with Gasteiger partial charge in [0.05, 0.1) is 5.54 Å². The summed E-state index contributed by atoms with van der Waals surface area (Å²) in [6.45, 7) is 5.49. The quantitative estimate of drug-likeness (QED) is 0.700. The van der Waals surface area contributed by atoms with Crippen LogP contribution in [0.25, 0.3) is 0 Å². The number of hydrogen-bond acceptors (Lipinski definition) is 1. The van der Waals surface area contributed by atoms with Gasteiger partial charge in [-0.3, -0.25) is 4.90 Å². The van der Waals surface area contributed by atoms with Crippen molar-refractivity contribution in [2.75, 3.05) is 18.0 Å². The van der Waals surface area contributed by atoms with Crippen LogP contribution in [-0.2, 0) is 5.54 Å². The molecule has 0 saturated carbocycles. The van der Waals surface area contributed by atoms with E-state index in [0.717, 1.165) is 24.2 Å². The van der Waals surface area contributed by atoms with Gasteiger partial charge in [-0.05, 0) is 56.2 Å². The number of nitrogens with zero attached hydrogens (tertiary/aromatic N) is 2. The molecule has 3 rings (SSSR count). The van der Waals surface area contributed by atoms with Gasteiger partial charge in [0.2, 0.25) is 0 Å². The van der Waals surface area contributed by atoms with Gasteiger partial charge >= 0.3 is 6.03 Å². The first kappa shape index (κ1) is 17.1. The van der Waals surface area contributed by atoms with Crippen molar-refractivity contribution in [2.24, 2.45) is 0 Å². The van der Waals surface area contributed by atoms with Crippen LogP contribution in [0.3, 0.4) is 0 Å². The Morgan fingerprint density at radius 2 is 1.58 bits per heavy atom. The molecular formula is C19H20Cl2N2O. The minimum absolute atomic E-state index is 0.00791. The summed E-state index contributed by atoms with van der Waals surface area (Å²) in [5, 5.41) is 1.16. The number of urea groups is 1. The molecule has 0 unspecified atom stereocenters. The number of hydrogen-bond donors (Lipinski definition) is 0. The summed E-state index contributed by atoms with van der Waals surface area (Å²) in [6.07, 6.45) is 0.915. The predicted molar refractivity (Wildman–Crippen MR) is 100.0 cm³/mol. The summed E-state index contributed by atoms with van der Waals surface area (Å²) in [4.78, 5) is 16.8. The number of amides is 2. The van der Waals surface area contributed by atoms with Crippen molar-refractivity contribution >= 4 is 34.9 Å². The van der Waals surface area contributed by atoms with E-state index in [0.29, 0.717) is 16.6 Å². The fourth-order valence-corrected chi connectivity index (χ4v) is 3.68. The van der Waals surface area contributed by atoms with E-state index in [-0.39, 0.29) is 6.03 Å². The Morgan fingerprint density at radius 3 is 2.21 bits per heavy atom. The van der Waals surface area contributed by atoms with E-state index in [9.17, 15) is 4.79 Å². The maximum absolute atomic E-state index is 13.1. The number of para-hydroxylation sites is 1. The molecule has 1 saturated heterocycles. The second kappa shape index (κ2) is 6.66. The molecule has 0 spiro atoms. The molecule has 1 heterocycles. The van der Waals surface area contributed by atoms with Gasteiger partial charge in [-0.2, -0.15) is 0 Å². The molecule has 126 valence electrons. The van der Waals surface area contributed by atoms with Crippen LogP contribution in [0.4, 0.5) is 10.5 Å². The van der Waals surface area contributed by atoms with Crippen molar-refractivity contribution in [3.8, 4) is 0 Å². The third-order valence-electron chi connectivity index (χ3n) is 4.54.